The third kappa shape index (κ3) is 5.39. The number of aliphatic hydroxyl groups is 1. The number of benzene rings is 1. The fourth-order valence-corrected chi connectivity index (χ4v) is 1.49. The van der Waals surface area contributed by atoms with Crippen LogP contribution in [0.2, 0.25) is 0 Å². The normalized spacial score (nSPS) is 10.1. The standard InChI is InChI=1S/C15H19FN2O2/c1-18(2)9-8-17-15(20)13-7-6-12(11-14(13)16)5-3-4-10-19/h6-7,11,19H,4,8-10H2,1-2H3,(H,17,20). The van der Waals surface area contributed by atoms with Crippen molar-refractivity contribution in [2.75, 3.05) is 33.8 Å². The van der Waals surface area contributed by atoms with Gasteiger partial charge in [-0.15, -0.1) is 0 Å². The molecule has 108 valence electrons. The van der Waals surface area contributed by atoms with Crippen molar-refractivity contribution in [2.24, 2.45) is 0 Å². The molecule has 2 N–H and O–H groups in total. The second-order valence-corrected chi connectivity index (χ2v) is 4.53. The van der Waals surface area contributed by atoms with Gasteiger partial charge in [0.1, 0.15) is 5.82 Å². The number of rotatable bonds is 5. The molecule has 0 aromatic heterocycles. The number of carbonyl (C=O) groups is 1. The van der Waals surface area contributed by atoms with Crippen LogP contribution in [0.4, 0.5) is 4.39 Å². The molecule has 0 unspecified atom stereocenters. The SMILES string of the molecule is CN(C)CCNC(=O)c1ccc(C#CCCO)cc1F. The summed E-state index contributed by atoms with van der Waals surface area (Å²) in [6.45, 7) is 1.13. The van der Waals surface area contributed by atoms with Gasteiger partial charge in [-0.2, -0.15) is 0 Å². The Morgan fingerprint density at radius 2 is 2.20 bits per heavy atom. The molecule has 4 nitrogen and oxygen atoms in total. The van der Waals surface area contributed by atoms with Crippen LogP contribution in [-0.4, -0.2) is 49.7 Å². The number of halogens is 1. The van der Waals surface area contributed by atoms with Gasteiger partial charge in [0.15, 0.2) is 0 Å². The molecule has 0 heterocycles. The topological polar surface area (TPSA) is 52.6 Å². The summed E-state index contributed by atoms with van der Waals surface area (Å²) in [5.74, 6) is 4.40. The van der Waals surface area contributed by atoms with Crippen LogP contribution in [0.5, 0.6) is 0 Å². The van der Waals surface area contributed by atoms with E-state index < -0.39 is 11.7 Å². The molecule has 1 aromatic carbocycles. The Bertz CT molecular complexity index is 518. The number of amides is 1. The van der Waals surface area contributed by atoms with Crippen LogP contribution in [-0.2, 0) is 0 Å². The Hall–Kier alpha value is -1.90. The van der Waals surface area contributed by atoms with Gasteiger partial charge in [-0.25, -0.2) is 4.39 Å². The van der Waals surface area contributed by atoms with Crippen LogP contribution in [0.1, 0.15) is 22.3 Å². The van der Waals surface area contributed by atoms with Crippen LogP contribution in [0.15, 0.2) is 18.2 Å². The second-order valence-electron chi connectivity index (χ2n) is 4.53. The maximum Gasteiger partial charge on any atom is 0.254 e. The van der Waals surface area contributed by atoms with Gasteiger partial charge in [0.2, 0.25) is 0 Å². The van der Waals surface area contributed by atoms with E-state index in [1.54, 1.807) is 6.07 Å². The third-order valence-electron chi connectivity index (χ3n) is 2.53. The molecule has 0 bridgehead atoms. The fraction of sp³-hybridized carbons (Fsp3) is 0.400. The molecule has 0 aliphatic rings. The van der Waals surface area contributed by atoms with E-state index in [2.05, 4.69) is 17.2 Å². The Morgan fingerprint density at radius 1 is 1.45 bits per heavy atom. The lowest BCUT2D eigenvalue weighted by atomic mass is 10.1. The van der Waals surface area contributed by atoms with Crippen molar-refractivity contribution in [1.29, 1.82) is 0 Å². The lowest BCUT2D eigenvalue weighted by Gasteiger charge is -2.10. The second kappa shape index (κ2) is 8.31. The van der Waals surface area contributed by atoms with Crippen LogP contribution in [0.25, 0.3) is 0 Å². The van der Waals surface area contributed by atoms with E-state index in [1.807, 2.05) is 19.0 Å². The molecule has 5 heteroatoms. The van der Waals surface area contributed by atoms with Gasteiger partial charge in [-0.3, -0.25) is 4.79 Å². The molecule has 0 saturated carbocycles. The predicted octanol–water partition coefficient (Wildman–Crippen LogP) is 0.851. The first-order chi connectivity index (χ1) is 9.54. The summed E-state index contributed by atoms with van der Waals surface area (Å²) in [5, 5.41) is 11.3. The van der Waals surface area contributed by atoms with Gasteiger partial charge in [-0.1, -0.05) is 11.8 Å². The number of hydrogen-bond donors (Lipinski definition) is 2. The van der Waals surface area contributed by atoms with Gasteiger partial charge in [0, 0.05) is 25.1 Å². The average Bonchev–Trinajstić information content (AvgIpc) is 2.38. The molecule has 0 fully saturated rings. The van der Waals surface area contributed by atoms with Crippen LogP contribution >= 0.6 is 0 Å². The predicted molar refractivity (Wildman–Crippen MR) is 75.9 cm³/mol. The molecule has 1 amide bonds. The highest BCUT2D eigenvalue weighted by Crippen LogP contribution is 2.09. The summed E-state index contributed by atoms with van der Waals surface area (Å²) in [6, 6.07) is 4.24. The van der Waals surface area contributed by atoms with E-state index in [9.17, 15) is 9.18 Å². The summed E-state index contributed by atoms with van der Waals surface area (Å²) in [5.41, 5.74) is 0.497. The number of nitrogens with one attached hydrogen (secondary N) is 1. The first kappa shape index (κ1) is 16.2. The van der Waals surface area contributed by atoms with Gasteiger partial charge in [0.05, 0.1) is 12.2 Å². The maximum absolute atomic E-state index is 13.8. The fourth-order valence-electron chi connectivity index (χ4n) is 1.49. The highest BCUT2D eigenvalue weighted by atomic mass is 19.1. The number of hydrogen-bond acceptors (Lipinski definition) is 3. The van der Waals surface area contributed by atoms with Crippen molar-refractivity contribution in [3.63, 3.8) is 0 Å². The molecular weight excluding hydrogens is 259 g/mol. The lowest BCUT2D eigenvalue weighted by Crippen LogP contribution is -2.31. The summed E-state index contributed by atoms with van der Waals surface area (Å²) >= 11 is 0. The van der Waals surface area contributed by atoms with E-state index in [0.29, 0.717) is 25.1 Å². The first-order valence-corrected chi connectivity index (χ1v) is 6.37. The van der Waals surface area contributed by atoms with Crippen molar-refractivity contribution in [3.05, 3.63) is 35.1 Å². The number of nitrogens with zero attached hydrogens (tertiary/aromatic N) is 1. The number of carbonyl (C=O) groups excluding carboxylic acids is 1. The Kier molecular flexibility index (Phi) is 6.71. The Morgan fingerprint density at radius 3 is 2.80 bits per heavy atom. The minimum absolute atomic E-state index is 0.0106. The largest absolute Gasteiger partial charge is 0.395 e. The van der Waals surface area contributed by atoms with Crippen molar-refractivity contribution < 1.29 is 14.3 Å². The van der Waals surface area contributed by atoms with Crippen molar-refractivity contribution in [3.8, 4) is 11.8 Å². The van der Waals surface area contributed by atoms with Gasteiger partial charge in [-0.05, 0) is 32.3 Å². The van der Waals surface area contributed by atoms with Crippen molar-refractivity contribution >= 4 is 5.91 Å². The quantitative estimate of drug-likeness (QED) is 0.785. The van der Waals surface area contributed by atoms with Crippen LogP contribution in [0, 0.1) is 17.7 Å². The first-order valence-electron chi connectivity index (χ1n) is 6.37. The minimum atomic E-state index is -0.594. The average molecular weight is 278 g/mol. The zero-order valence-electron chi connectivity index (χ0n) is 11.7. The Labute approximate surface area is 118 Å². The molecule has 0 spiro atoms. The van der Waals surface area contributed by atoms with E-state index in [-0.39, 0.29) is 12.2 Å². The molecule has 0 radical (unpaired) electrons. The zero-order chi connectivity index (χ0) is 15.0. The summed E-state index contributed by atoms with van der Waals surface area (Å²) < 4.78 is 13.8. The molecular formula is C15H19FN2O2. The van der Waals surface area contributed by atoms with E-state index >= 15 is 0 Å². The molecule has 1 rings (SSSR count). The van der Waals surface area contributed by atoms with Gasteiger partial charge in [0.25, 0.3) is 5.91 Å². The third-order valence-corrected chi connectivity index (χ3v) is 2.53. The van der Waals surface area contributed by atoms with E-state index in [0.717, 1.165) is 0 Å². The van der Waals surface area contributed by atoms with E-state index in [1.165, 1.54) is 12.1 Å². The lowest BCUT2D eigenvalue weighted by molar-refractivity contribution is 0.0947. The zero-order valence-corrected chi connectivity index (χ0v) is 11.7. The highest BCUT2D eigenvalue weighted by molar-refractivity contribution is 5.94. The minimum Gasteiger partial charge on any atom is -0.395 e. The number of aliphatic hydroxyl groups excluding tert-OH is 1. The van der Waals surface area contributed by atoms with Crippen LogP contribution < -0.4 is 5.32 Å². The van der Waals surface area contributed by atoms with Gasteiger partial charge >= 0.3 is 0 Å². The van der Waals surface area contributed by atoms with Crippen molar-refractivity contribution in [2.45, 2.75) is 6.42 Å². The Balaban J connectivity index is 2.68. The summed E-state index contributed by atoms with van der Waals surface area (Å²) in [6.07, 6.45) is 0.342. The molecule has 20 heavy (non-hydrogen) atoms. The van der Waals surface area contributed by atoms with E-state index in [4.69, 9.17) is 5.11 Å². The molecule has 0 aliphatic carbocycles. The summed E-state index contributed by atoms with van der Waals surface area (Å²) in [7, 11) is 3.79. The van der Waals surface area contributed by atoms with Gasteiger partial charge < -0.3 is 15.3 Å². The maximum atomic E-state index is 13.8. The summed E-state index contributed by atoms with van der Waals surface area (Å²) in [4.78, 5) is 13.7. The van der Waals surface area contributed by atoms with Crippen LogP contribution in [0.3, 0.4) is 0 Å². The smallest absolute Gasteiger partial charge is 0.254 e. The molecule has 0 saturated heterocycles. The highest BCUT2D eigenvalue weighted by Gasteiger charge is 2.11. The molecule has 0 atom stereocenters. The monoisotopic (exact) mass is 278 g/mol. The molecule has 1 aromatic rings. The molecule has 0 aliphatic heterocycles. The van der Waals surface area contributed by atoms with Crippen molar-refractivity contribution in [1.82, 2.24) is 10.2 Å². The number of likely N-dealkylation sites (N-methyl/N-ethyl adjacent to an activating group) is 1.